The van der Waals surface area contributed by atoms with Crippen LogP contribution in [0.1, 0.15) is 88.9 Å². The Labute approximate surface area is 366 Å². The minimum absolute atomic E-state index is 0.0243. The highest BCUT2D eigenvalue weighted by atomic mass is 79.9. The topological polar surface area (TPSA) is 245 Å². The molecule has 328 valence electrons. The summed E-state index contributed by atoms with van der Waals surface area (Å²) in [7, 11) is 2.89. The zero-order chi connectivity index (χ0) is 44.6. The van der Waals surface area contributed by atoms with Gasteiger partial charge in [0.25, 0.3) is 17.6 Å². The third-order valence-electron chi connectivity index (χ3n) is 9.59. The number of carbonyl (C=O) groups excluding carboxylic acids is 3. The summed E-state index contributed by atoms with van der Waals surface area (Å²) < 4.78 is 40.2. The summed E-state index contributed by atoms with van der Waals surface area (Å²) in [5, 5.41) is 8.86. The molecule has 4 heterocycles. The molecular weight excluding hydrogens is 876 g/mol. The maximum absolute atomic E-state index is 14.2. The average Bonchev–Trinajstić information content (AvgIpc) is 4.08. The maximum atomic E-state index is 14.2. The summed E-state index contributed by atoms with van der Waals surface area (Å²) in [6.45, 7) is 12.8. The third kappa shape index (κ3) is 11.2. The SMILES string of the molecule is CC[C@@H](C)[C@@H](NC(=O)c1nc(-c2coc(C(CBr)(OC)OC)n2)oc1-c1ccccc1)C(=O)N[C@H](C(=O)NC(COC(C)(C)C)c1nc(-c2nc(C(N)=S)co2)co1)C(C)C. The van der Waals surface area contributed by atoms with E-state index in [1.807, 2.05) is 40.7 Å². The molecule has 20 heteroatoms. The van der Waals surface area contributed by atoms with E-state index in [1.165, 1.54) is 33.0 Å². The largest absolute Gasteiger partial charge is 0.446 e. The molecule has 1 unspecified atom stereocenters. The lowest BCUT2D eigenvalue weighted by atomic mass is 9.96. The summed E-state index contributed by atoms with van der Waals surface area (Å²) in [4.78, 5) is 60.4. The predicted molar refractivity (Wildman–Crippen MR) is 229 cm³/mol. The number of nitrogens with one attached hydrogen (secondary N) is 3. The zero-order valence-electron chi connectivity index (χ0n) is 35.4. The van der Waals surface area contributed by atoms with Crippen molar-refractivity contribution < 1.29 is 46.3 Å². The van der Waals surface area contributed by atoms with E-state index >= 15 is 0 Å². The van der Waals surface area contributed by atoms with Crippen LogP contribution in [0.2, 0.25) is 0 Å². The molecule has 5 N–H and O–H groups in total. The van der Waals surface area contributed by atoms with Gasteiger partial charge in [-0.2, -0.15) is 0 Å². The highest BCUT2D eigenvalue weighted by Gasteiger charge is 2.39. The fraction of sp³-hybridized carbons (Fsp3) is 0.463. The second-order valence-electron chi connectivity index (χ2n) is 15.4. The molecule has 5 rings (SSSR count). The molecule has 0 aliphatic rings. The lowest BCUT2D eigenvalue weighted by Gasteiger charge is -2.29. The van der Waals surface area contributed by atoms with Gasteiger partial charge in [0.2, 0.25) is 29.5 Å². The lowest BCUT2D eigenvalue weighted by Crippen LogP contribution is -2.57. The number of halogens is 1. The van der Waals surface area contributed by atoms with Gasteiger partial charge < -0.3 is 53.6 Å². The molecule has 0 bridgehead atoms. The third-order valence-corrected chi connectivity index (χ3v) is 10.5. The number of hydrogen-bond donors (Lipinski definition) is 4. The average molecular weight is 928 g/mol. The molecule has 0 saturated heterocycles. The predicted octanol–water partition coefficient (Wildman–Crippen LogP) is 6.07. The monoisotopic (exact) mass is 926 g/mol. The fourth-order valence-corrected chi connectivity index (χ4v) is 6.64. The Hall–Kier alpha value is -5.28. The van der Waals surface area contributed by atoms with E-state index in [-0.39, 0.29) is 74.9 Å². The van der Waals surface area contributed by atoms with Gasteiger partial charge in [0, 0.05) is 19.8 Å². The Balaban J connectivity index is 1.39. The number of nitrogens with two attached hydrogens (primary N) is 1. The quantitative estimate of drug-likeness (QED) is 0.0393. The number of alkyl halides is 1. The molecule has 0 radical (unpaired) electrons. The van der Waals surface area contributed by atoms with Crippen LogP contribution in [0.4, 0.5) is 0 Å². The molecule has 0 saturated carbocycles. The molecule has 3 amide bonds. The van der Waals surface area contributed by atoms with Crippen molar-refractivity contribution in [1.82, 2.24) is 35.9 Å². The van der Waals surface area contributed by atoms with Gasteiger partial charge in [-0.15, -0.1) is 0 Å². The molecule has 18 nitrogen and oxygen atoms in total. The van der Waals surface area contributed by atoms with E-state index < -0.39 is 53.2 Å². The van der Waals surface area contributed by atoms with Crippen molar-refractivity contribution in [2.24, 2.45) is 17.6 Å². The Kier molecular flexibility index (Phi) is 15.4. The van der Waals surface area contributed by atoms with Crippen molar-refractivity contribution in [1.29, 1.82) is 0 Å². The number of amides is 3. The van der Waals surface area contributed by atoms with Gasteiger partial charge in [-0.1, -0.05) is 92.6 Å². The van der Waals surface area contributed by atoms with E-state index in [0.29, 0.717) is 12.0 Å². The van der Waals surface area contributed by atoms with E-state index in [0.717, 1.165) is 0 Å². The van der Waals surface area contributed by atoms with E-state index in [4.69, 9.17) is 49.8 Å². The molecule has 0 spiro atoms. The number of rotatable bonds is 20. The van der Waals surface area contributed by atoms with Crippen molar-refractivity contribution in [2.45, 2.75) is 84.4 Å². The molecule has 0 aliphatic carbocycles. The first-order valence-corrected chi connectivity index (χ1v) is 20.9. The zero-order valence-corrected chi connectivity index (χ0v) is 37.8. The van der Waals surface area contributed by atoms with Crippen molar-refractivity contribution in [3.8, 4) is 34.5 Å². The van der Waals surface area contributed by atoms with Crippen LogP contribution in [-0.4, -0.2) is 86.5 Å². The van der Waals surface area contributed by atoms with Crippen molar-refractivity contribution >= 4 is 50.9 Å². The standard InChI is InChI=1S/C41H51BrN8O10S/c1-10-22(4)29(49-35(53)30-31(23-14-12-11-13-15-23)60-38(50-30)26-18-58-39(47-26)41(20-42,54-8)55-9)34(52)48-28(21(2)3)33(51)44-27(19-59-40(5,6)7)37-46-25(17-57-37)36-45-24(16-56-36)32(43)61/h11-18,21-22,27-29H,10,19-20H2,1-9H3,(H2,43,61)(H,44,51)(H,48,52)(H,49,53)/t22-,27?,28+,29-/m1/s1. The number of hydrogen-bond acceptors (Lipinski definition) is 15. The summed E-state index contributed by atoms with van der Waals surface area (Å²) in [6.07, 6.45) is 4.44. The van der Waals surface area contributed by atoms with E-state index in [9.17, 15) is 14.4 Å². The number of carbonyl (C=O) groups is 3. The number of nitrogens with zero attached hydrogens (tertiary/aromatic N) is 4. The van der Waals surface area contributed by atoms with Crippen LogP contribution in [0.3, 0.4) is 0 Å². The Bertz CT molecular complexity index is 2270. The summed E-state index contributed by atoms with van der Waals surface area (Å²) in [6, 6.07) is 5.84. The number of ether oxygens (including phenoxy) is 3. The Morgan fingerprint density at radius 1 is 0.852 bits per heavy atom. The fourth-order valence-electron chi connectivity index (χ4n) is 5.85. The highest BCUT2D eigenvalue weighted by Crippen LogP contribution is 2.33. The normalized spacial score (nSPS) is 14.0. The molecule has 61 heavy (non-hydrogen) atoms. The van der Waals surface area contributed by atoms with Crippen molar-refractivity contribution in [2.75, 3.05) is 26.2 Å². The first-order valence-electron chi connectivity index (χ1n) is 19.4. The van der Waals surface area contributed by atoms with E-state index in [1.54, 1.807) is 38.1 Å². The number of aromatic nitrogens is 4. The molecule has 1 aromatic carbocycles. The van der Waals surface area contributed by atoms with Crippen molar-refractivity contribution in [3.05, 3.63) is 72.3 Å². The highest BCUT2D eigenvalue weighted by molar-refractivity contribution is 9.09. The number of thiocarbonyl (C=S) groups is 1. The first-order chi connectivity index (χ1) is 28.9. The van der Waals surface area contributed by atoms with Gasteiger partial charge in [-0.25, -0.2) is 19.9 Å². The van der Waals surface area contributed by atoms with Gasteiger partial charge in [-0.05, 0) is 32.6 Å². The number of methoxy groups -OCH3 is 2. The second kappa shape index (κ2) is 20.1. The van der Waals surface area contributed by atoms with Gasteiger partial charge in [0.15, 0.2) is 22.8 Å². The summed E-state index contributed by atoms with van der Waals surface area (Å²) in [5.74, 6) is -3.54. The van der Waals surface area contributed by atoms with Crippen LogP contribution < -0.4 is 21.7 Å². The smallest absolute Gasteiger partial charge is 0.274 e. The molecule has 0 aliphatic heterocycles. The van der Waals surface area contributed by atoms with E-state index in [2.05, 4.69) is 51.8 Å². The number of oxazole rings is 4. The van der Waals surface area contributed by atoms with Crippen LogP contribution >= 0.6 is 28.1 Å². The van der Waals surface area contributed by atoms with Crippen LogP contribution in [0.5, 0.6) is 0 Å². The lowest BCUT2D eigenvalue weighted by molar-refractivity contribution is -0.211. The minimum atomic E-state index is -1.34. The molecular formula is C41H51BrN8O10S. The first kappa shape index (κ1) is 46.8. The molecule has 0 fully saturated rings. The van der Waals surface area contributed by atoms with Crippen LogP contribution in [-0.2, 0) is 29.6 Å². The van der Waals surface area contributed by atoms with Gasteiger partial charge in [-0.3, -0.25) is 14.4 Å². The van der Waals surface area contributed by atoms with Crippen LogP contribution in [0.25, 0.3) is 34.5 Å². The van der Waals surface area contributed by atoms with Crippen LogP contribution in [0.15, 0.2) is 66.8 Å². The Morgan fingerprint density at radius 3 is 2.10 bits per heavy atom. The summed E-state index contributed by atoms with van der Waals surface area (Å²) in [5.41, 5.74) is 6.22. The molecule has 4 atom stereocenters. The van der Waals surface area contributed by atoms with Gasteiger partial charge in [0.05, 0.1) is 17.5 Å². The minimum Gasteiger partial charge on any atom is -0.446 e. The van der Waals surface area contributed by atoms with Gasteiger partial charge in [0.1, 0.15) is 47.6 Å². The van der Waals surface area contributed by atoms with Crippen LogP contribution in [0, 0.1) is 11.8 Å². The second-order valence-corrected chi connectivity index (χ2v) is 16.4. The number of benzene rings is 1. The Morgan fingerprint density at radius 2 is 1.51 bits per heavy atom. The van der Waals surface area contributed by atoms with Crippen molar-refractivity contribution in [3.63, 3.8) is 0 Å². The molecule has 5 aromatic rings. The van der Waals surface area contributed by atoms with Gasteiger partial charge >= 0.3 is 0 Å². The summed E-state index contributed by atoms with van der Waals surface area (Å²) >= 11 is 8.35. The molecule has 4 aromatic heterocycles. The maximum Gasteiger partial charge on any atom is 0.274 e.